The molecule has 0 aliphatic rings. The van der Waals surface area contributed by atoms with Crippen LogP contribution in [0.5, 0.6) is 5.75 Å². The molecule has 138 valence electrons. The lowest BCUT2D eigenvalue weighted by Crippen LogP contribution is -2.06. The molecule has 0 fully saturated rings. The van der Waals surface area contributed by atoms with Gasteiger partial charge in [-0.25, -0.2) is 9.97 Å². The number of aromatic nitrogens is 2. The Morgan fingerprint density at radius 3 is 1.85 bits per heavy atom. The topological polar surface area (TPSA) is 114 Å². The van der Waals surface area contributed by atoms with E-state index in [0.29, 0.717) is 23.0 Å². The fourth-order valence-electron chi connectivity index (χ4n) is 2.38. The lowest BCUT2D eigenvalue weighted by atomic mass is 10.2. The van der Waals surface area contributed by atoms with Gasteiger partial charge in [-0.3, -0.25) is 4.79 Å². The van der Waals surface area contributed by atoms with Gasteiger partial charge < -0.3 is 26.4 Å². The molecule has 0 aliphatic carbocycles. The van der Waals surface area contributed by atoms with Crippen LogP contribution in [0.4, 0.5) is 34.4 Å². The molecule has 0 aliphatic heterocycles. The highest BCUT2D eigenvalue weighted by molar-refractivity contribution is 5.89. The van der Waals surface area contributed by atoms with Gasteiger partial charge in [0.25, 0.3) is 0 Å². The summed E-state index contributed by atoms with van der Waals surface area (Å²) in [6, 6.07) is 14.6. The number of ether oxygens (including phenoxy) is 1. The van der Waals surface area contributed by atoms with Crippen LogP contribution in [-0.2, 0) is 4.79 Å². The Balaban J connectivity index is 1.75. The monoisotopic (exact) mass is 364 g/mol. The number of anilines is 6. The molecule has 8 nitrogen and oxygen atoms in total. The zero-order valence-electron chi connectivity index (χ0n) is 15.0. The molecule has 5 N–H and O–H groups in total. The maximum atomic E-state index is 11.1. The molecule has 8 heteroatoms. The standard InChI is InChI=1S/C19H20N6O2/c1-12(26)23-13-3-5-14(6-4-13)24-18-17(20)19(22-11-21-18)25-15-7-9-16(27-2)10-8-15/h3-11H,20H2,1-2H3,(H,23,26)(H2,21,22,24,25). The predicted molar refractivity (Wildman–Crippen MR) is 107 cm³/mol. The average molecular weight is 364 g/mol. The lowest BCUT2D eigenvalue weighted by molar-refractivity contribution is -0.114. The van der Waals surface area contributed by atoms with Gasteiger partial charge in [-0.15, -0.1) is 0 Å². The van der Waals surface area contributed by atoms with Crippen molar-refractivity contribution in [2.24, 2.45) is 0 Å². The summed E-state index contributed by atoms with van der Waals surface area (Å²) in [5.41, 5.74) is 8.91. The molecule has 27 heavy (non-hydrogen) atoms. The number of benzene rings is 2. The van der Waals surface area contributed by atoms with Crippen molar-refractivity contribution in [1.29, 1.82) is 0 Å². The van der Waals surface area contributed by atoms with Gasteiger partial charge in [-0.05, 0) is 48.5 Å². The first-order chi connectivity index (χ1) is 13.0. The van der Waals surface area contributed by atoms with Crippen molar-refractivity contribution in [3.63, 3.8) is 0 Å². The van der Waals surface area contributed by atoms with Crippen molar-refractivity contribution in [3.05, 3.63) is 54.9 Å². The maximum absolute atomic E-state index is 11.1. The molecule has 1 amide bonds. The summed E-state index contributed by atoms with van der Waals surface area (Å²) in [6.07, 6.45) is 1.43. The summed E-state index contributed by atoms with van der Waals surface area (Å²) in [7, 11) is 1.62. The number of hydrogen-bond donors (Lipinski definition) is 4. The predicted octanol–water partition coefficient (Wildman–Crippen LogP) is 3.51. The molecule has 0 atom stereocenters. The highest BCUT2D eigenvalue weighted by Gasteiger charge is 2.09. The summed E-state index contributed by atoms with van der Waals surface area (Å²) in [5.74, 6) is 1.62. The lowest BCUT2D eigenvalue weighted by Gasteiger charge is -2.13. The minimum Gasteiger partial charge on any atom is -0.497 e. The fraction of sp³-hybridized carbons (Fsp3) is 0.105. The normalized spacial score (nSPS) is 10.1. The largest absolute Gasteiger partial charge is 0.497 e. The van der Waals surface area contributed by atoms with Crippen LogP contribution in [0.2, 0.25) is 0 Å². The van der Waals surface area contributed by atoms with Gasteiger partial charge in [0.1, 0.15) is 17.8 Å². The third kappa shape index (κ3) is 4.63. The first-order valence-corrected chi connectivity index (χ1v) is 8.21. The van der Waals surface area contributed by atoms with Crippen molar-refractivity contribution in [2.45, 2.75) is 6.92 Å². The van der Waals surface area contributed by atoms with Crippen LogP contribution in [0, 0.1) is 0 Å². The quantitative estimate of drug-likeness (QED) is 0.529. The van der Waals surface area contributed by atoms with E-state index in [0.717, 1.165) is 17.1 Å². The molecule has 0 saturated carbocycles. The highest BCUT2D eigenvalue weighted by Crippen LogP contribution is 2.29. The van der Waals surface area contributed by atoms with E-state index < -0.39 is 0 Å². The molecule has 0 saturated heterocycles. The van der Waals surface area contributed by atoms with E-state index in [1.165, 1.54) is 13.3 Å². The SMILES string of the molecule is COc1ccc(Nc2ncnc(Nc3ccc(NC(C)=O)cc3)c2N)cc1. The van der Waals surface area contributed by atoms with Gasteiger partial charge in [-0.1, -0.05) is 0 Å². The third-order valence-electron chi connectivity index (χ3n) is 3.70. The summed E-state index contributed by atoms with van der Waals surface area (Å²) >= 11 is 0. The average Bonchev–Trinajstić information content (AvgIpc) is 2.67. The van der Waals surface area contributed by atoms with Crippen LogP contribution in [0.3, 0.4) is 0 Å². The van der Waals surface area contributed by atoms with Crippen molar-refractivity contribution in [2.75, 3.05) is 28.8 Å². The van der Waals surface area contributed by atoms with Gasteiger partial charge in [0.15, 0.2) is 11.6 Å². The number of carbonyl (C=O) groups excluding carboxylic acids is 1. The number of rotatable bonds is 6. The maximum Gasteiger partial charge on any atom is 0.221 e. The number of carbonyl (C=O) groups is 1. The van der Waals surface area contributed by atoms with E-state index >= 15 is 0 Å². The van der Waals surface area contributed by atoms with Gasteiger partial charge in [0.2, 0.25) is 5.91 Å². The number of nitrogens with one attached hydrogen (secondary N) is 3. The first kappa shape index (κ1) is 18.0. The molecule has 0 unspecified atom stereocenters. The van der Waals surface area contributed by atoms with Crippen molar-refractivity contribution in [3.8, 4) is 5.75 Å². The third-order valence-corrected chi connectivity index (χ3v) is 3.70. The van der Waals surface area contributed by atoms with Gasteiger partial charge in [0.05, 0.1) is 7.11 Å². The highest BCUT2D eigenvalue weighted by atomic mass is 16.5. The smallest absolute Gasteiger partial charge is 0.221 e. The van der Waals surface area contributed by atoms with E-state index in [2.05, 4.69) is 25.9 Å². The number of amides is 1. The van der Waals surface area contributed by atoms with Crippen molar-refractivity contribution in [1.82, 2.24) is 9.97 Å². The molecule has 0 bridgehead atoms. The molecule has 0 radical (unpaired) electrons. The van der Waals surface area contributed by atoms with E-state index in [-0.39, 0.29) is 5.91 Å². The minimum atomic E-state index is -0.120. The Labute approximate surface area is 156 Å². The van der Waals surface area contributed by atoms with Crippen molar-refractivity contribution < 1.29 is 9.53 Å². The number of hydrogen-bond acceptors (Lipinski definition) is 7. The second-order valence-electron chi connectivity index (χ2n) is 5.72. The summed E-state index contributed by atoms with van der Waals surface area (Å²) < 4.78 is 5.15. The molecular weight excluding hydrogens is 344 g/mol. The van der Waals surface area contributed by atoms with Crippen molar-refractivity contribution >= 4 is 40.3 Å². The fourth-order valence-corrected chi connectivity index (χ4v) is 2.38. The number of nitrogen functional groups attached to an aromatic ring is 1. The Morgan fingerprint density at radius 2 is 1.37 bits per heavy atom. The van der Waals surface area contributed by atoms with E-state index in [1.807, 2.05) is 36.4 Å². The van der Waals surface area contributed by atoms with Crippen LogP contribution in [0.15, 0.2) is 54.9 Å². The van der Waals surface area contributed by atoms with Crippen LogP contribution < -0.4 is 26.4 Å². The van der Waals surface area contributed by atoms with Crippen LogP contribution in [-0.4, -0.2) is 23.0 Å². The molecule has 0 spiro atoms. The molecule has 2 aromatic carbocycles. The van der Waals surface area contributed by atoms with Gasteiger partial charge in [-0.2, -0.15) is 0 Å². The Hall–Kier alpha value is -3.81. The Morgan fingerprint density at radius 1 is 0.889 bits per heavy atom. The summed E-state index contributed by atoms with van der Waals surface area (Å²) in [4.78, 5) is 19.5. The second kappa shape index (κ2) is 8.05. The summed E-state index contributed by atoms with van der Waals surface area (Å²) in [6.45, 7) is 1.46. The van der Waals surface area contributed by atoms with E-state index in [9.17, 15) is 4.79 Å². The van der Waals surface area contributed by atoms with E-state index in [4.69, 9.17) is 10.5 Å². The summed E-state index contributed by atoms with van der Waals surface area (Å²) in [5, 5.41) is 9.03. The van der Waals surface area contributed by atoms with Gasteiger partial charge in [0, 0.05) is 24.0 Å². The van der Waals surface area contributed by atoms with Gasteiger partial charge >= 0.3 is 0 Å². The second-order valence-corrected chi connectivity index (χ2v) is 5.72. The van der Waals surface area contributed by atoms with Crippen LogP contribution in [0.1, 0.15) is 6.92 Å². The number of nitrogens with two attached hydrogens (primary N) is 1. The van der Waals surface area contributed by atoms with E-state index in [1.54, 1.807) is 19.2 Å². The molecular formula is C19H20N6O2. The molecule has 1 aromatic heterocycles. The first-order valence-electron chi connectivity index (χ1n) is 8.21. The Bertz CT molecular complexity index is 926. The van der Waals surface area contributed by atoms with Crippen LogP contribution >= 0.6 is 0 Å². The molecule has 1 heterocycles. The Kier molecular flexibility index (Phi) is 5.36. The van der Waals surface area contributed by atoms with Crippen LogP contribution in [0.25, 0.3) is 0 Å². The molecule has 3 aromatic rings. The molecule has 3 rings (SSSR count). The minimum absolute atomic E-state index is 0.120. The number of nitrogens with zero attached hydrogens (tertiary/aromatic N) is 2. The zero-order chi connectivity index (χ0) is 19.2. The number of methoxy groups -OCH3 is 1. The zero-order valence-corrected chi connectivity index (χ0v) is 15.0.